The van der Waals surface area contributed by atoms with Crippen LogP contribution in [0.5, 0.6) is 0 Å². The van der Waals surface area contributed by atoms with Gasteiger partial charge in [-0.1, -0.05) is 35.9 Å². The Balaban J connectivity index is 1.36. The second-order valence-electron chi connectivity index (χ2n) is 5.82. The lowest BCUT2D eigenvalue weighted by Crippen LogP contribution is -2.36. The zero-order chi connectivity index (χ0) is 18.9. The third-order valence-electron chi connectivity index (χ3n) is 3.73. The molecule has 3 aromatic rings. The molecule has 3 rings (SSSR count). The number of carbonyl (C=O) groups is 1. The molecule has 0 radical (unpaired) electrons. The van der Waals surface area contributed by atoms with Crippen molar-refractivity contribution >= 4 is 29.4 Å². The summed E-state index contributed by atoms with van der Waals surface area (Å²) in [5.74, 6) is 0.794. The maximum Gasteiger partial charge on any atom is 0.315 e. The van der Waals surface area contributed by atoms with Gasteiger partial charge in [0, 0.05) is 28.8 Å². The molecular weight excluding hydrogens is 382 g/mol. The van der Waals surface area contributed by atoms with Crippen molar-refractivity contribution in [3.8, 4) is 0 Å². The van der Waals surface area contributed by atoms with Crippen molar-refractivity contribution in [2.24, 2.45) is 0 Å². The summed E-state index contributed by atoms with van der Waals surface area (Å²) >= 11 is 7.54. The van der Waals surface area contributed by atoms with Crippen molar-refractivity contribution in [2.45, 2.75) is 18.0 Å². The molecule has 1 aromatic heterocycles. The fraction of sp³-hybridized carbons (Fsp3) is 0.211. The summed E-state index contributed by atoms with van der Waals surface area (Å²) in [7, 11) is 0. The number of hydrogen-bond acceptors (Lipinski definition) is 4. The molecular formula is C19H20ClN5OS. The number of carbonyl (C=O) groups excluding carboxylic acids is 1. The van der Waals surface area contributed by atoms with Crippen molar-refractivity contribution in [2.75, 3.05) is 12.3 Å². The fourth-order valence-corrected chi connectivity index (χ4v) is 3.34. The van der Waals surface area contributed by atoms with Crippen LogP contribution < -0.4 is 10.6 Å². The summed E-state index contributed by atoms with van der Waals surface area (Å²) in [5.41, 5.74) is 2.15. The van der Waals surface area contributed by atoms with Gasteiger partial charge in [-0.2, -0.15) is 5.10 Å². The number of nitrogens with zero attached hydrogens (tertiary/aromatic N) is 3. The van der Waals surface area contributed by atoms with E-state index in [-0.39, 0.29) is 6.03 Å². The number of halogens is 1. The Kier molecular flexibility index (Phi) is 7.12. The lowest BCUT2D eigenvalue weighted by molar-refractivity contribution is 0.241. The van der Waals surface area contributed by atoms with Crippen LogP contribution in [0.25, 0.3) is 0 Å². The van der Waals surface area contributed by atoms with E-state index < -0.39 is 0 Å². The maximum absolute atomic E-state index is 11.9. The predicted molar refractivity (Wildman–Crippen MR) is 108 cm³/mol. The Hall–Kier alpha value is -2.51. The zero-order valence-electron chi connectivity index (χ0n) is 14.6. The quantitative estimate of drug-likeness (QED) is 0.447. The van der Waals surface area contributed by atoms with E-state index in [9.17, 15) is 4.79 Å². The monoisotopic (exact) mass is 401 g/mol. The number of rotatable bonds is 8. The van der Waals surface area contributed by atoms with E-state index in [1.807, 2.05) is 42.5 Å². The van der Waals surface area contributed by atoms with E-state index in [2.05, 4.69) is 26.8 Å². The molecule has 2 N–H and O–H groups in total. The maximum atomic E-state index is 11.9. The van der Waals surface area contributed by atoms with Gasteiger partial charge in [-0.15, -0.1) is 11.8 Å². The molecule has 0 unspecified atom stereocenters. The lowest BCUT2D eigenvalue weighted by Gasteiger charge is -2.09. The highest BCUT2D eigenvalue weighted by atomic mass is 35.5. The molecule has 0 saturated heterocycles. The van der Waals surface area contributed by atoms with E-state index in [1.54, 1.807) is 22.8 Å². The first-order chi connectivity index (χ1) is 13.2. The normalized spacial score (nSPS) is 10.6. The molecule has 0 atom stereocenters. The third-order valence-corrected chi connectivity index (χ3v) is 4.99. The van der Waals surface area contributed by atoms with Crippen molar-refractivity contribution in [3.05, 3.63) is 77.3 Å². The van der Waals surface area contributed by atoms with Crippen LogP contribution in [-0.2, 0) is 13.1 Å². The molecule has 2 amide bonds. The van der Waals surface area contributed by atoms with Crippen molar-refractivity contribution in [1.29, 1.82) is 0 Å². The Labute approximate surface area is 167 Å². The van der Waals surface area contributed by atoms with Crippen LogP contribution in [0.15, 0.2) is 66.1 Å². The van der Waals surface area contributed by atoms with Gasteiger partial charge in [0.25, 0.3) is 0 Å². The molecule has 140 valence electrons. The number of urea groups is 1. The Morgan fingerprint density at radius 3 is 2.70 bits per heavy atom. The molecule has 0 spiro atoms. The second-order valence-corrected chi connectivity index (χ2v) is 7.43. The lowest BCUT2D eigenvalue weighted by atomic mass is 10.1. The SMILES string of the molecule is O=C(NCCSc1ccc(Cl)cc1)NCc1cccc(Cn2cncn2)c1. The molecule has 6 nitrogen and oxygen atoms in total. The number of hydrogen-bond donors (Lipinski definition) is 2. The molecule has 8 heteroatoms. The van der Waals surface area contributed by atoms with Crippen LogP contribution in [0.3, 0.4) is 0 Å². The highest BCUT2D eigenvalue weighted by molar-refractivity contribution is 7.99. The summed E-state index contributed by atoms with van der Waals surface area (Å²) < 4.78 is 1.76. The number of thioether (sulfide) groups is 1. The molecule has 2 aromatic carbocycles. The van der Waals surface area contributed by atoms with Crippen LogP contribution >= 0.6 is 23.4 Å². The summed E-state index contributed by atoms with van der Waals surface area (Å²) in [6.07, 6.45) is 3.20. The van der Waals surface area contributed by atoms with Gasteiger partial charge in [0.15, 0.2) is 0 Å². The zero-order valence-corrected chi connectivity index (χ0v) is 16.2. The van der Waals surface area contributed by atoms with E-state index in [1.165, 1.54) is 6.33 Å². The first-order valence-electron chi connectivity index (χ1n) is 8.49. The van der Waals surface area contributed by atoms with Crippen LogP contribution in [0.4, 0.5) is 4.79 Å². The molecule has 0 aliphatic heterocycles. The standard InChI is InChI=1S/C19H20ClN5OS/c20-17-4-6-18(7-5-17)27-9-8-22-19(26)23-11-15-2-1-3-16(10-15)12-25-14-21-13-24-25/h1-7,10,13-14H,8-9,11-12H2,(H2,22,23,26). The van der Waals surface area contributed by atoms with E-state index in [0.717, 1.165) is 26.8 Å². The third kappa shape index (κ3) is 6.62. The minimum atomic E-state index is -0.173. The number of aromatic nitrogens is 3. The number of amides is 2. The Morgan fingerprint density at radius 2 is 1.93 bits per heavy atom. The Bertz CT molecular complexity index is 855. The largest absolute Gasteiger partial charge is 0.337 e. The smallest absolute Gasteiger partial charge is 0.315 e. The van der Waals surface area contributed by atoms with Crippen LogP contribution in [0.2, 0.25) is 5.02 Å². The van der Waals surface area contributed by atoms with Gasteiger partial charge in [0.05, 0.1) is 6.54 Å². The topological polar surface area (TPSA) is 71.8 Å². The average molecular weight is 402 g/mol. The number of benzene rings is 2. The van der Waals surface area contributed by atoms with Crippen molar-refractivity contribution < 1.29 is 4.79 Å². The molecule has 0 bridgehead atoms. The predicted octanol–water partition coefficient (Wildman–Crippen LogP) is 3.57. The van der Waals surface area contributed by atoms with Gasteiger partial charge >= 0.3 is 6.03 Å². The van der Waals surface area contributed by atoms with Gasteiger partial charge in [0.1, 0.15) is 12.7 Å². The number of nitrogens with one attached hydrogen (secondary N) is 2. The highest BCUT2D eigenvalue weighted by Gasteiger charge is 2.02. The van der Waals surface area contributed by atoms with Crippen LogP contribution in [0, 0.1) is 0 Å². The highest BCUT2D eigenvalue weighted by Crippen LogP contribution is 2.19. The van der Waals surface area contributed by atoms with Crippen molar-refractivity contribution in [3.63, 3.8) is 0 Å². The molecule has 0 aliphatic carbocycles. The van der Waals surface area contributed by atoms with Gasteiger partial charge in [-0.05, 0) is 35.4 Å². The van der Waals surface area contributed by atoms with Crippen molar-refractivity contribution in [1.82, 2.24) is 25.4 Å². The van der Waals surface area contributed by atoms with E-state index in [0.29, 0.717) is 19.6 Å². The van der Waals surface area contributed by atoms with Gasteiger partial charge in [-0.25, -0.2) is 14.5 Å². The molecule has 1 heterocycles. The molecule has 0 fully saturated rings. The van der Waals surface area contributed by atoms with E-state index >= 15 is 0 Å². The van der Waals surface area contributed by atoms with E-state index in [4.69, 9.17) is 11.6 Å². The summed E-state index contributed by atoms with van der Waals surface area (Å²) in [6, 6.07) is 15.5. The van der Waals surface area contributed by atoms with Gasteiger partial charge in [-0.3, -0.25) is 0 Å². The molecule has 0 aliphatic rings. The van der Waals surface area contributed by atoms with Crippen LogP contribution in [0.1, 0.15) is 11.1 Å². The minimum absolute atomic E-state index is 0.173. The first kappa shape index (κ1) is 19.3. The fourth-order valence-electron chi connectivity index (χ4n) is 2.45. The molecule has 0 saturated carbocycles. The summed E-state index contributed by atoms with van der Waals surface area (Å²) in [5, 5.41) is 10.6. The summed E-state index contributed by atoms with van der Waals surface area (Å²) in [4.78, 5) is 17.0. The summed E-state index contributed by atoms with van der Waals surface area (Å²) in [6.45, 7) is 1.72. The Morgan fingerprint density at radius 1 is 1.11 bits per heavy atom. The minimum Gasteiger partial charge on any atom is -0.337 e. The van der Waals surface area contributed by atoms with Crippen LogP contribution in [-0.4, -0.2) is 33.1 Å². The molecule has 27 heavy (non-hydrogen) atoms. The average Bonchev–Trinajstić information content (AvgIpc) is 3.18. The first-order valence-corrected chi connectivity index (χ1v) is 9.86. The van der Waals surface area contributed by atoms with Gasteiger partial charge < -0.3 is 10.6 Å². The van der Waals surface area contributed by atoms with Gasteiger partial charge in [0.2, 0.25) is 0 Å². The second kappa shape index (κ2) is 9.99.